The number of para-hydroxylation sites is 1. The van der Waals surface area contributed by atoms with Gasteiger partial charge in [0, 0.05) is 25.0 Å². The number of benzene rings is 2. The van der Waals surface area contributed by atoms with Crippen molar-refractivity contribution < 1.29 is 9.21 Å². The van der Waals surface area contributed by atoms with Crippen molar-refractivity contribution in [3.63, 3.8) is 0 Å². The smallest absolute Gasteiger partial charge is 0.289 e. The summed E-state index contributed by atoms with van der Waals surface area (Å²) in [5.41, 5.74) is 3.16. The number of carbonyl (C=O) groups is 1. The molecule has 2 aromatic carbocycles. The highest BCUT2D eigenvalue weighted by atomic mass is 16.3. The Morgan fingerprint density at radius 1 is 0.933 bits per heavy atom. The van der Waals surface area contributed by atoms with E-state index in [9.17, 15) is 4.79 Å². The van der Waals surface area contributed by atoms with Crippen molar-refractivity contribution in [1.29, 1.82) is 0 Å². The first kappa shape index (κ1) is 18.6. The molecule has 1 N–H and O–H groups in total. The van der Waals surface area contributed by atoms with E-state index in [0.717, 1.165) is 48.3 Å². The molecular formula is C24H24N4O2. The molecule has 0 aliphatic carbocycles. The molecule has 1 fully saturated rings. The molecule has 3 heterocycles. The minimum absolute atomic E-state index is 0.184. The van der Waals surface area contributed by atoms with Gasteiger partial charge in [0.25, 0.3) is 5.91 Å². The van der Waals surface area contributed by atoms with Gasteiger partial charge in [-0.1, -0.05) is 55.3 Å². The molecule has 0 saturated carbocycles. The van der Waals surface area contributed by atoms with Crippen LogP contribution in [0.4, 0.5) is 5.82 Å². The lowest BCUT2D eigenvalue weighted by Gasteiger charge is -2.21. The summed E-state index contributed by atoms with van der Waals surface area (Å²) < 4.78 is 6.14. The van der Waals surface area contributed by atoms with Gasteiger partial charge in [-0.2, -0.15) is 0 Å². The van der Waals surface area contributed by atoms with Crippen LogP contribution in [0.25, 0.3) is 22.1 Å². The molecule has 0 unspecified atom stereocenters. The van der Waals surface area contributed by atoms with E-state index >= 15 is 0 Å². The number of hydrogen-bond acceptors (Lipinski definition) is 5. The summed E-state index contributed by atoms with van der Waals surface area (Å²) >= 11 is 0. The van der Waals surface area contributed by atoms with Crippen molar-refractivity contribution >= 4 is 33.8 Å². The molecule has 0 radical (unpaired) electrons. The third-order valence-corrected chi connectivity index (χ3v) is 5.61. The number of aromatic nitrogens is 2. The minimum Gasteiger partial charge on any atom is -0.450 e. The largest absolute Gasteiger partial charge is 0.450 e. The zero-order valence-electron chi connectivity index (χ0n) is 16.8. The van der Waals surface area contributed by atoms with Crippen LogP contribution in [0.2, 0.25) is 0 Å². The first-order valence-electron chi connectivity index (χ1n) is 10.6. The second-order valence-corrected chi connectivity index (χ2v) is 7.72. The van der Waals surface area contributed by atoms with E-state index in [1.165, 1.54) is 12.8 Å². The van der Waals surface area contributed by atoms with E-state index in [1.807, 2.05) is 54.6 Å². The quantitative estimate of drug-likeness (QED) is 0.538. The zero-order valence-corrected chi connectivity index (χ0v) is 16.8. The molecule has 1 aliphatic heterocycles. The summed E-state index contributed by atoms with van der Waals surface area (Å²) in [4.78, 5) is 24.5. The number of hydrogen-bond donors (Lipinski definition) is 1. The fourth-order valence-corrected chi connectivity index (χ4v) is 4.03. The highest BCUT2D eigenvalue weighted by molar-refractivity contribution is 6.07. The number of nitrogens with one attached hydrogen (secondary N) is 1. The second-order valence-electron chi connectivity index (χ2n) is 7.72. The molecule has 6 heteroatoms. The van der Waals surface area contributed by atoms with E-state index in [0.29, 0.717) is 17.6 Å². The van der Waals surface area contributed by atoms with Crippen LogP contribution in [0.15, 0.2) is 59.0 Å². The van der Waals surface area contributed by atoms with Crippen LogP contribution >= 0.6 is 0 Å². The molecule has 0 spiro atoms. The Labute approximate surface area is 174 Å². The fourth-order valence-electron chi connectivity index (χ4n) is 4.03. The van der Waals surface area contributed by atoms with Gasteiger partial charge in [-0.25, -0.2) is 9.97 Å². The van der Waals surface area contributed by atoms with Crippen molar-refractivity contribution in [3.8, 4) is 0 Å². The first-order chi connectivity index (χ1) is 14.8. The van der Waals surface area contributed by atoms with Gasteiger partial charge in [-0.3, -0.25) is 4.79 Å². The summed E-state index contributed by atoms with van der Waals surface area (Å²) in [5, 5.41) is 3.86. The van der Waals surface area contributed by atoms with Crippen molar-refractivity contribution in [1.82, 2.24) is 15.3 Å². The lowest BCUT2D eigenvalue weighted by Crippen LogP contribution is -2.29. The molecule has 0 bridgehead atoms. The lowest BCUT2D eigenvalue weighted by atomic mass is 10.2. The average Bonchev–Trinajstić information content (AvgIpc) is 2.96. The monoisotopic (exact) mass is 400 g/mol. The molecule has 30 heavy (non-hydrogen) atoms. The predicted molar refractivity (Wildman–Crippen MR) is 118 cm³/mol. The van der Waals surface area contributed by atoms with Gasteiger partial charge in [0.05, 0.1) is 0 Å². The lowest BCUT2D eigenvalue weighted by molar-refractivity contribution is 0.0941. The summed E-state index contributed by atoms with van der Waals surface area (Å²) in [7, 11) is 0. The standard InChI is InChI=1S/C24H24N4O2/c29-24(25-16-17-10-4-3-5-11-17)22-26-20-18-12-6-7-13-19(18)30-21(20)23(27-22)28-14-8-1-2-9-15-28/h3-7,10-13H,1-2,8-9,14-16H2,(H,25,29). The Hall–Kier alpha value is -3.41. The van der Waals surface area contributed by atoms with Gasteiger partial charge in [0.15, 0.2) is 11.4 Å². The SMILES string of the molecule is O=C(NCc1ccccc1)c1nc(N2CCCCCC2)c2oc3ccccc3c2n1. The number of anilines is 1. The minimum atomic E-state index is -0.276. The van der Waals surface area contributed by atoms with E-state index in [1.54, 1.807) is 0 Å². The van der Waals surface area contributed by atoms with Gasteiger partial charge in [-0.15, -0.1) is 0 Å². The van der Waals surface area contributed by atoms with Crippen LogP contribution in [0, 0.1) is 0 Å². The average molecular weight is 400 g/mol. The molecule has 0 atom stereocenters. The number of rotatable bonds is 4. The van der Waals surface area contributed by atoms with Crippen molar-refractivity contribution in [2.24, 2.45) is 0 Å². The third kappa shape index (κ3) is 3.61. The molecule has 152 valence electrons. The van der Waals surface area contributed by atoms with Gasteiger partial charge in [-0.05, 0) is 30.5 Å². The Balaban J connectivity index is 1.55. The van der Waals surface area contributed by atoms with Gasteiger partial charge >= 0.3 is 0 Å². The van der Waals surface area contributed by atoms with Gasteiger partial charge < -0.3 is 14.6 Å². The number of carbonyl (C=O) groups excluding carboxylic acids is 1. The summed E-state index contributed by atoms with van der Waals surface area (Å²) in [5.74, 6) is 0.634. The van der Waals surface area contributed by atoms with E-state index in [2.05, 4.69) is 20.2 Å². The van der Waals surface area contributed by atoms with Crippen LogP contribution < -0.4 is 10.2 Å². The summed E-state index contributed by atoms with van der Waals surface area (Å²) in [6, 6.07) is 17.6. The van der Waals surface area contributed by atoms with Crippen molar-refractivity contribution in [2.75, 3.05) is 18.0 Å². The fraction of sp³-hybridized carbons (Fsp3) is 0.292. The van der Waals surface area contributed by atoms with E-state index < -0.39 is 0 Å². The topological polar surface area (TPSA) is 71.3 Å². The van der Waals surface area contributed by atoms with Crippen LogP contribution in [0.1, 0.15) is 41.9 Å². The molecule has 1 aliphatic rings. The van der Waals surface area contributed by atoms with Gasteiger partial charge in [0.1, 0.15) is 11.1 Å². The van der Waals surface area contributed by atoms with Crippen LogP contribution in [0.5, 0.6) is 0 Å². The Morgan fingerprint density at radius 2 is 1.67 bits per heavy atom. The highest BCUT2D eigenvalue weighted by Gasteiger charge is 2.23. The number of fused-ring (bicyclic) bond motifs is 3. The van der Waals surface area contributed by atoms with Gasteiger partial charge in [0.2, 0.25) is 5.82 Å². The highest BCUT2D eigenvalue weighted by Crippen LogP contribution is 2.33. The molecule has 5 rings (SSSR count). The molecule has 6 nitrogen and oxygen atoms in total. The maximum Gasteiger partial charge on any atom is 0.289 e. The molecule has 1 amide bonds. The maximum atomic E-state index is 12.9. The Kier molecular flexibility index (Phi) is 5.05. The van der Waals surface area contributed by atoms with Crippen LogP contribution in [-0.2, 0) is 6.54 Å². The third-order valence-electron chi connectivity index (χ3n) is 5.61. The molecule has 1 saturated heterocycles. The summed E-state index contributed by atoms with van der Waals surface area (Å²) in [6.07, 6.45) is 4.66. The van der Waals surface area contributed by atoms with E-state index in [-0.39, 0.29) is 11.7 Å². The predicted octanol–water partition coefficient (Wildman–Crippen LogP) is 4.69. The zero-order chi connectivity index (χ0) is 20.3. The van der Waals surface area contributed by atoms with Crippen LogP contribution in [0.3, 0.4) is 0 Å². The normalized spacial score (nSPS) is 14.7. The van der Waals surface area contributed by atoms with Crippen molar-refractivity contribution in [3.05, 3.63) is 66.0 Å². The first-order valence-corrected chi connectivity index (χ1v) is 10.6. The molecule has 4 aromatic rings. The molecule has 2 aromatic heterocycles. The maximum absolute atomic E-state index is 12.9. The Bertz CT molecular complexity index is 1180. The number of nitrogens with zero attached hydrogens (tertiary/aromatic N) is 3. The second kappa shape index (κ2) is 8.14. The summed E-state index contributed by atoms with van der Waals surface area (Å²) in [6.45, 7) is 2.26. The number of furan rings is 1. The Morgan fingerprint density at radius 3 is 2.47 bits per heavy atom. The number of amides is 1. The van der Waals surface area contributed by atoms with E-state index in [4.69, 9.17) is 4.42 Å². The van der Waals surface area contributed by atoms with Crippen LogP contribution in [-0.4, -0.2) is 29.0 Å². The van der Waals surface area contributed by atoms with Crippen molar-refractivity contribution in [2.45, 2.75) is 32.2 Å². The molecular weight excluding hydrogens is 376 g/mol.